The number of aromatic nitrogens is 2. The number of nitrogens with one attached hydrogen (secondary N) is 1. The molecule has 5 nitrogen and oxygen atoms in total. The number of benzene rings is 1. The van der Waals surface area contributed by atoms with Gasteiger partial charge in [0.1, 0.15) is 17.2 Å². The summed E-state index contributed by atoms with van der Waals surface area (Å²) in [5, 5.41) is 14.2. The minimum Gasteiger partial charge on any atom is -0.387 e. The van der Waals surface area contributed by atoms with Crippen molar-refractivity contribution in [3.63, 3.8) is 0 Å². The zero-order valence-corrected chi connectivity index (χ0v) is 14.4. The van der Waals surface area contributed by atoms with Crippen LogP contribution in [0.15, 0.2) is 42.9 Å². The SMILES string of the molecule is OC(CN1CCC(CNc2ncncc2Cl)CC1)c1ccccc1. The van der Waals surface area contributed by atoms with Crippen molar-refractivity contribution in [1.82, 2.24) is 14.9 Å². The molecule has 0 aliphatic carbocycles. The van der Waals surface area contributed by atoms with E-state index >= 15 is 0 Å². The maximum Gasteiger partial charge on any atom is 0.148 e. The summed E-state index contributed by atoms with van der Waals surface area (Å²) in [4.78, 5) is 10.4. The first kappa shape index (κ1) is 17.1. The molecular weight excluding hydrogens is 324 g/mol. The Hall–Kier alpha value is -1.69. The van der Waals surface area contributed by atoms with Crippen LogP contribution in [-0.2, 0) is 0 Å². The summed E-state index contributed by atoms with van der Waals surface area (Å²) in [7, 11) is 0. The molecule has 1 aliphatic rings. The second-order valence-electron chi connectivity index (χ2n) is 6.27. The van der Waals surface area contributed by atoms with Crippen molar-refractivity contribution in [2.75, 3.05) is 31.5 Å². The summed E-state index contributed by atoms with van der Waals surface area (Å²) in [5.74, 6) is 1.30. The molecule has 24 heavy (non-hydrogen) atoms. The smallest absolute Gasteiger partial charge is 0.148 e. The van der Waals surface area contributed by atoms with Crippen LogP contribution in [0.4, 0.5) is 5.82 Å². The van der Waals surface area contributed by atoms with Crippen molar-refractivity contribution < 1.29 is 5.11 Å². The van der Waals surface area contributed by atoms with Gasteiger partial charge in [-0.3, -0.25) is 0 Å². The van der Waals surface area contributed by atoms with E-state index in [1.807, 2.05) is 30.3 Å². The number of aliphatic hydroxyl groups is 1. The van der Waals surface area contributed by atoms with Crippen molar-refractivity contribution in [3.8, 4) is 0 Å². The quantitative estimate of drug-likeness (QED) is 0.842. The van der Waals surface area contributed by atoms with E-state index in [1.165, 1.54) is 6.33 Å². The number of anilines is 1. The molecule has 6 heteroatoms. The fourth-order valence-electron chi connectivity index (χ4n) is 3.08. The van der Waals surface area contributed by atoms with Crippen LogP contribution in [0.25, 0.3) is 0 Å². The largest absolute Gasteiger partial charge is 0.387 e. The Balaban J connectivity index is 1.42. The van der Waals surface area contributed by atoms with Crippen LogP contribution in [0.5, 0.6) is 0 Å². The molecule has 1 atom stereocenters. The number of β-amino-alcohol motifs (C(OH)–C–C–N with tert-alkyl or cyclic N) is 1. The normalized spacial score (nSPS) is 17.6. The molecule has 0 spiro atoms. The minimum atomic E-state index is -0.416. The molecule has 0 amide bonds. The fraction of sp³-hybridized carbons (Fsp3) is 0.444. The van der Waals surface area contributed by atoms with Gasteiger partial charge in [-0.2, -0.15) is 0 Å². The van der Waals surface area contributed by atoms with E-state index in [9.17, 15) is 5.11 Å². The fourth-order valence-corrected chi connectivity index (χ4v) is 3.25. The molecule has 1 saturated heterocycles. The lowest BCUT2D eigenvalue weighted by molar-refractivity contribution is 0.0909. The molecule has 128 valence electrons. The number of aliphatic hydroxyl groups excluding tert-OH is 1. The van der Waals surface area contributed by atoms with Crippen LogP contribution >= 0.6 is 11.6 Å². The average Bonchev–Trinajstić information content (AvgIpc) is 2.63. The van der Waals surface area contributed by atoms with E-state index in [4.69, 9.17) is 11.6 Å². The van der Waals surface area contributed by atoms with Crippen molar-refractivity contribution >= 4 is 17.4 Å². The number of rotatable bonds is 6. The van der Waals surface area contributed by atoms with Crippen LogP contribution < -0.4 is 5.32 Å². The topological polar surface area (TPSA) is 61.3 Å². The number of piperidine rings is 1. The van der Waals surface area contributed by atoms with Gasteiger partial charge in [-0.25, -0.2) is 9.97 Å². The Morgan fingerprint density at radius 1 is 1.25 bits per heavy atom. The summed E-state index contributed by atoms with van der Waals surface area (Å²) in [6.07, 6.45) is 4.90. The molecule has 2 aromatic rings. The molecule has 0 radical (unpaired) electrons. The predicted molar refractivity (Wildman–Crippen MR) is 96.1 cm³/mol. The molecule has 1 aliphatic heterocycles. The molecule has 1 aromatic carbocycles. The van der Waals surface area contributed by atoms with E-state index in [1.54, 1.807) is 6.20 Å². The third-order valence-corrected chi connectivity index (χ3v) is 4.83. The van der Waals surface area contributed by atoms with E-state index in [2.05, 4.69) is 20.2 Å². The number of hydrogen-bond donors (Lipinski definition) is 2. The van der Waals surface area contributed by atoms with Gasteiger partial charge in [0, 0.05) is 13.1 Å². The first-order valence-corrected chi connectivity index (χ1v) is 8.75. The lowest BCUT2D eigenvalue weighted by atomic mass is 9.96. The van der Waals surface area contributed by atoms with Gasteiger partial charge in [0.25, 0.3) is 0 Å². The Morgan fingerprint density at radius 2 is 2.00 bits per heavy atom. The average molecular weight is 347 g/mol. The highest BCUT2D eigenvalue weighted by atomic mass is 35.5. The summed E-state index contributed by atoms with van der Waals surface area (Å²) in [6, 6.07) is 9.86. The van der Waals surface area contributed by atoms with Gasteiger partial charge >= 0.3 is 0 Å². The summed E-state index contributed by atoms with van der Waals surface area (Å²) in [6.45, 7) is 3.58. The molecular formula is C18H23ClN4O. The van der Waals surface area contributed by atoms with Gasteiger partial charge in [0.05, 0.1) is 12.3 Å². The van der Waals surface area contributed by atoms with Crippen LogP contribution in [0, 0.1) is 5.92 Å². The maximum atomic E-state index is 10.3. The highest BCUT2D eigenvalue weighted by Crippen LogP contribution is 2.22. The zero-order chi connectivity index (χ0) is 16.8. The molecule has 1 unspecified atom stereocenters. The van der Waals surface area contributed by atoms with Gasteiger partial charge in [0.2, 0.25) is 0 Å². The highest BCUT2D eigenvalue weighted by molar-refractivity contribution is 6.32. The first-order chi connectivity index (χ1) is 11.7. The molecule has 1 aromatic heterocycles. The van der Waals surface area contributed by atoms with Crippen LogP contribution in [0.1, 0.15) is 24.5 Å². The van der Waals surface area contributed by atoms with E-state index in [-0.39, 0.29) is 0 Å². The zero-order valence-electron chi connectivity index (χ0n) is 13.6. The van der Waals surface area contributed by atoms with E-state index in [0.29, 0.717) is 23.3 Å². The molecule has 1 fully saturated rings. The lowest BCUT2D eigenvalue weighted by Gasteiger charge is -2.33. The van der Waals surface area contributed by atoms with Crippen molar-refractivity contribution in [2.45, 2.75) is 18.9 Å². The van der Waals surface area contributed by atoms with Gasteiger partial charge in [-0.1, -0.05) is 41.9 Å². The highest BCUT2D eigenvalue weighted by Gasteiger charge is 2.21. The molecule has 0 saturated carbocycles. The predicted octanol–water partition coefficient (Wildman–Crippen LogP) is 2.99. The standard InChI is InChI=1S/C18H23ClN4O/c19-16-11-20-13-22-18(16)21-10-14-6-8-23(9-7-14)12-17(24)15-4-2-1-3-5-15/h1-5,11,13-14,17,24H,6-10,12H2,(H,20,21,22). The third-order valence-electron chi connectivity index (χ3n) is 4.55. The van der Waals surface area contributed by atoms with Crippen LogP contribution in [0.2, 0.25) is 5.02 Å². The second-order valence-corrected chi connectivity index (χ2v) is 6.68. The summed E-state index contributed by atoms with van der Waals surface area (Å²) < 4.78 is 0. The number of likely N-dealkylation sites (tertiary alicyclic amines) is 1. The Morgan fingerprint density at radius 3 is 2.71 bits per heavy atom. The van der Waals surface area contributed by atoms with Crippen LogP contribution in [0.3, 0.4) is 0 Å². The first-order valence-electron chi connectivity index (χ1n) is 8.37. The van der Waals surface area contributed by atoms with Crippen molar-refractivity contribution in [2.24, 2.45) is 5.92 Å². The summed E-state index contributed by atoms with van der Waals surface area (Å²) in [5.41, 5.74) is 0.986. The summed E-state index contributed by atoms with van der Waals surface area (Å²) >= 11 is 6.06. The minimum absolute atomic E-state index is 0.416. The Bertz CT molecular complexity index is 632. The third kappa shape index (κ3) is 4.66. The molecule has 0 bridgehead atoms. The maximum absolute atomic E-state index is 10.3. The molecule has 2 heterocycles. The number of nitrogens with zero attached hydrogens (tertiary/aromatic N) is 3. The van der Waals surface area contributed by atoms with E-state index in [0.717, 1.165) is 38.0 Å². The number of halogens is 1. The van der Waals surface area contributed by atoms with Gasteiger partial charge < -0.3 is 15.3 Å². The Kier molecular flexibility index (Phi) is 6.01. The van der Waals surface area contributed by atoms with Gasteiger partial charge in [-0.15, -0.1) is 0 Å². The van der Waals surface area contributed by atoms with Gasteiger partial charge in [0.15, 0.2) is 0 Å². The number of hydrogen-bond acceptors (Lipinski definition) is 5. The van der Waals surface area contributed by atoms with Gasteiger partial charge in [-0.05, 0) is 37.4 Å². The van der Waals surface area contributed by atoms with E-state index < -0.39 is 6.10 Å². The second kappa shape index (κ2) is 8.42. The van der Waals surface area contributed by atoms with Crippen molar-refractivity contribution in [1.29, 1.82) is 0 Å². The monoisotopic (exact) mass is 346 g/mol. The van der Waals surface area contributed by atoms with Crippen LogP contribution in [-0.4, -0.2) is 46.2 Å². The molecule has 3 rings (SSSR count). The molecule has 2 N–H and O–H groups in total. The lowest BCUT2D eigenvalue weighted by Crippen LogP contribution is -2.38. The van der Waals surface area contributed by atoms with Crippen molar-refractivity contribution in [3.05, 3.63) is 53.4 Å². The Labute approximate surface area is 147 Å².